The lowest BCUT2D eigenvalue weighted by Gasteiger charge is -2.14. The lowest BCUT2D eigenvalue weighted by molar-refractivity contribution is -0.481. The smallest absolute Gasteiger partial charge is 0.407 e. The number of nitro groups is 1. The molecule has 0 aromatic heterocycles. The van der Waals surface area contributed by atoms with Crippen LogP contribution >= 0.6 is 0 Å². The Morgan fingerprint density at radius 1 is 1.12 bits per heavy atom. The third-order valence-corrected chi connectivity index (χ3v) is 3.37. The molecule has 0 bridgehead atoms. The molecule has 2 rings (SSSR count). The molecule has 6 heteroatoms. The summed E-state index contributed by atoms with van der Waals surface area (Å²) in [7, 11) is 1.22. The van der Waals surface area contributed by atoms with Crippen molar-refractivity contribution in [2.24, 2.45) is 0 Å². The number of nitrogens with zero attached hydrogens (tertiary/aromatic N) is 1. The zero-order chi connectivity index (χ0) is 17.4. The Balaban J connectivity index is 2.44. The predicted octanol–water partition coefficient (Wildman–Crippen LogP) is 3.12. The van der Waals surface area contributed by atoms with Crippen LogP contribution in [0, 0.1) is 10.1 Å². The summed E-state index contributed by atoms with van der Waals surface area (Å²) in [5, 5.41) is 13.4. The largest absolute Gasteiger partial charge is 0.453 e. The van der Waals surface area contributed by atoms with E-state index in [2.05, 4.69) is 10.1 Å². The van der Waals surface area contributed by atoms with Crippen molar-refractivity contribution in [2.75, 3.05) is 13.7 Å². The number of carbonyl (C=O) groups excluding carboxylic acids is 1. The van der Waals surface area contributed by atoms with Gasteiger partial charge in [0.05, 0.1) is 7.11 Å². The Bertz CT molecular complexity index is 673. The van der Waals surface area contributed by atoms with Gasteiger partial charge < -0.3 is 10.1 Å². The molecular formula is C18H18N2O4. The maximum atomic E-state index is 11.5. The van der Waals surface area contributed by atoms with Crippen LogP contribution in [0.2, 0.25) is 0 Å². The molecule has 1 atom stereocenters. The molecule has 0 aliphatic heterocycles. The Labute approximate surface area is 139 Å². The molecule has 0 aliphatic rings. The minimum atomic E-state index is -0.789. The van der Waals surface area contributed by atoms with Gasteiger partial charge in [-0.15, -0.1) is 0 Å². The molecule has 1 unspecified atom stereocenters. The minimum Gasteiger partial charge on any atom is -0.453 e. The quantitative estimate of drug-likeness (QED) is 0.653. The van der Waals surface area contributed by atoms with Gasteiger partial charge in [-0.2, -0.15) is 0 Å². The van der Waals surface area contributed by atoms with E-state index in [1.807, 2.05) is 60.7 Å². The fourth-order valence-electron chi connectivity index (χ4n) is 2.31. The van der Waals surface area contributed by atoms with Crippen LogP contribution in [0.5, 0.6) is 0 Å². The lowest BCUT2D eigenvalue weighted by Crippen LogP contribution is -2.38. The molecule has 0 fully saturated rings. The zero-order valence-electron chi connectivity index (χ0n) is 13.2. The molecule has 6 nitrogen and oxygen atoms in total. The predicted molar refractivity (Wildman–Crippen MR) is 91.2 cm³/mol. The van der Waals surface area contributed by atoms with Crippen LogP contribution < -0.4 is 5.32 Å². The van der Waals surface area contributed by atoms with Gasteiger partial charge in [-0.05, 0) is 22.8 Å². The van der Waals surface area contributed by atoms with Gasteiger partial charge in [-0.1, -0.05) is 60.7 Å². The normalized spacial score (nSPS) is 11.2. The van der Waals surface area contributed by atoms with Crippen LogP contribution in [0.3, 0.4) is 0 Å². The van der Waals surface area contributed by atoms with Gasteiger partial charge in [0.25, 0.3) is 0 Å². The van der Waals surface area contributed by atoms with Gasteiger partial charge >= 0.3 is 6.09 Å². The number of hydrogen-bond donors (Lipinski definition) is 1. The van der Waals surface area contributed by atoms with E-state index in [1.165, 1.54) is 7.11 Å². The summed E-state index contributed by atoms with van der Waals surface area (Å²) in [6.45, 7) is -0.432. The van der Waals surface area contributed by atoms with Crippen LogP contribution in [0.1, 0.15) is 11.1 Å². The molecule has 24 heavy (non-hydrogen) atoms. The van der Waals surface area contributed by atoms with Gasteiger partial charge in [0, 0.05) is 4.92 Å². The Kier molecular flexibility index (Phi) is 6.08. The molecule has 0 aliphatic carbocycles. The van der Waals surface area contributed by atoms with Crippen molar-refractivity contribution in [1.29, 1.82) is 0 Å². The number of nitrogens with one attached hydrogen (secondary N) is 1. The number of rotatable bonds is 6. The summed E-state index contributed by atoms with van der Waals surface area (Å²) >= 11 is 0. The van der Waals surface area contributed by atoms with Crippen LogP contribution in [0.15, 0.2) is 66.7 Å². The first-order valence-corrected chi connectivity index (χ1v) is 7.39. The van der Waals surface area contributed by atoms with Crippen LogP contribution in [0.4, 0.5) is 4.79 Å². The number of amides is 1. The van der Waals surface area contributed by atoms with Crippen molar-refractivity contribution in [3.63, 3.8) is 0 Å². The molecule has 2 aromatic rings. The monoisotopic (exact) mass is 326 g/mol. The maximum Gasteiger partial charge on any atom is 0.407 e. The van der Waals surface area contributed by atoms with Crippen molar-refractivity contribution in [3.05, 3.63) is 88.0 Å². The SMILES string of the molecule is COC(=O)NC(C=C(c1ccccc1)c1ccccc1)C[N+](=O)[O-]. The third kappa shape index (κ3) is 4.95. The molecule has 0 saturated carbocycles. The van der Waals surface area contributed by atoms with Crippen LogP contribution in [-0.4, -0.2) is 30.7 Å². The highest BCUT2D eigenvalue weighted by Crippen LogP contribution is 2.23. The number of methoxy groups -OCH3 is 1. The number of alkyl carbamates (subject to hydrolysis) is 1. The first-order valence-electron chi connectivity index (χ1n) is 7.39. The molecule has 0 heterocycles. The van der Waals surface area contributed by atoms with Crippen molar-refractivity contribution in [2.45, 2.75) is 6.04 Å². The molecule has 1 amide bonds. The van der Waals surface area contributed by atoms with Gasteiger partial charge in [-0.3, -0.25) is 10.1 Å². The molecule has 2 aromatic carbocycles. The summed E-state index contributed by atoms with van der Waals surface area (Å²) in [6, 6.07) is 18.2. The van der Waals surface area contributed by atoms with E-state index in [0.29, 0.717) is 0 Å². The number of carbonyl (C=O) groups is 1. The number of hydrogen-bond acceptors (Lipinski definition) is 4. The maximum absolute atomic E-state index is 11.5. The Morgan fingerprint density at radius 3 is 2.04 bits per heavy atom. The van der Waals surface area contributed by atoms with Crippen LogP contribution in [0.25, 0.3) is 5.57 Å². The first-order chi connectivity index (χ1) is 11.6. The van der Waals surface area contributed by atoms with E-state index >= 15 is 0 Å². The van der Waals surface area contributed by atoms with Crippen molar-refractivity contribution >= 4 is 11.7 Å². The third-order valence-electron chi connectivity index (χ3n) is 3.37. The fraction of sp³-hybridized carbons (Fsp3) is 0.167. The van der Waals surface area contributed by atoms with Gasteiger partial charge in [0.2, 0.25) is 6.54 Å². The second-order valence-corrected chi connectivity index (χ2v) is 5.07. The molecule has 0 radical (unpaired) electrons. The lowest BCUT2D eigenvalue weighted by atomic mass is 9.96. The van der Waals surface area contributed by atoms with E-state index in [4.69, 9.17) is 0 Å². The summed E-state index contributed by atoms with van der Waals surface area (Å²) in [4.78, 5) is 21.9. The first kappa shape index (κ1) is 17.2. The molecular weight excluding hydrogens is 308 g/mol. The second-order valence-electron chi connectivity index (χ2n) is 5.07. The summed E-state index contributed by atoms with van der Waals surface area (Å²) in [6.07, 6.45) is 0.975. The number of ether oxygens (including phenoxy) is 1. The number of benzene rings is 2. The standard InChI is InChI=1S/C18H18N2O4/c1-24-18(21)19-16(13-20(22)23)12-17(14-8-4-2-5-9-14)15-10-6-3-7-11-15/h2-12,16H,13H2,1H3,(H,19,21). The van der Waals surface area contributed by atoms with E-state index in [1.54, 1.807) is 6.08 Å². The molecule has 0 saturated heterocycles. The highest BCUT2D eigenvalue weighted by molar-refractivity contribution is 5.80. The van der Waals surface area contributed by atoms with E-state index < -0.39 is 23.6 Å². The van der Waals surface area contributed by atoms with E-state index in [-0.39, 0.29) is 0 Å². The van der Waals surface area contributed by atoms with Crippen LogP contribution in [-0.2, 0) is 4.74 Å². The Morgan fingerprint density at radius 2 is 1.62 bits per heavy atom. The summed E-state index contributed by atoms with van der Waals surface area (Å²) < 4.78 is 4.55. The minimum absolute atomic E-state index is 0.432. The highest BCUT2D eigenvalue weighted by atomic mass is 16.6. The van der Waals surface area contributed by atoms with Gasteiger partial charge in [0.1, 0.15) is 6.04 Å². The highest BCUT2D eigenvalue weighted by Gasteiger charge is 2.18. The summed E-state index contributed by atoms with van der Waals surface area (Å²) in [5.74, 6) is 0. The summed E-state index contributed by atoms with van der Waals surface area (Å²) in [5.41, 5.74) is 2.62. The average Bonchev–Trinajstić information content (AvgIpc) is 2.60. The second kappa shape index (κ2) is 8.47. The average molecular weight is 326 g/mol. The van der Waals surface area contributed by atoms with E-state index in [0.717, 1.165) is 16.7 Å². The van der Waals surface area contributed by atoms with Crippen molar-refractivity contribution in [1.82, 2.24) is 5.32 Å². The fourth-order valence-corrected chi connectivity index (χ4v) is 2.31. The van der Waals surface area contributed by atoms with Crippen molar-refractivity contribution < 1.29 is 14.5 Å². The van der Waals surface area contributed by atoms with Gasteiger partial charge in [-0.25, -0.2) is 4.79 Å². The molecule has 0 spiro atoms. The molecule has 124 valence electrons. The van der Waals surface area contributed by atoms with Gasteiger partial charge in [0.15, 0.2) is 0 Å². The van der Waals surface area contributed by atoms with Crippen molar-refractivity contribution in [3.8, 4) is 0 Å². The zero-order valence-corrected chi connectivity index (χ0v) is 13.2. The molecule has 1 N–H and O–H groups in total. The van der Waals surface area contributed by atoms with E-state index in [9.17, 15) is 14.9 Å². The topological polar surface area (TPSA) is 81.5 Å². The Hall–Kier alpha value is -3.15.